The quantitative estimate of drug-likeness (QED) is 0.904. The molecule has 1 unspecified atom stereocenters. The SMILES string of the molecule is NCCC1CCCCN1S(=O)(=O)c1sccc1Br. The molecule has 18 heavy (non-hydrogen) atoms. The van der Waals surface area contributed by atoms with E-state index in [2.05, 4.69) is 15.9 Å². The summed E-state index contributed by atoms with van der Waals surface area (Å²) < 4.78 is 27.9. The van der Waals surface area contributed by atoms with Crippen LogP contribution in [-0.4, -0.2) is 31.9 Å². The van der Waals surface area contributed by atoms with Crippen molar-refractivity contribution in [1.82, 2.24) is 4.31 Å². The van der Waals surface area contributed by atoms with E-state index >= 15 is 0 Å². The van der Waals surface area contributed by atoms with Crippen molar-refractivity contribution in [1.29, 1.82) is 0 Å². The lowest BCUT2D eigenvalue weighted by molar-refractivity contribution is 0.243. The van der Waals surface area contributed by atoms with Crippen LogP contribution in [0.15, 0.2) is 20.1 Å². The third-order valence-corrected chi connectivity index (χ3v) is 7.80. The van der Waals surface area contributed by atoms with E-state index in [9.17, 15) is 8.42 Å². The molecule has 0 aliphatic carbocycles. The Hall–Kier alpha value is 0.0500. The molecule has 1 aromatic heterocycles. The van der Waals surface area contributed by atoms with Crippen molar-refractivity contribution >= 4 is 37.3 Å². The molecule has 0 aromatic carbocycles. The largest absolute Gasteiger partial charge is 0.330 e. The second-order valence-corrected chi connectivity index (χ2v) is 8.25. The molecule has 1 fully saturated rings. The maximum Gasteiger partial charge on any atom is 0.253 e. The first-order chi connectivity index (χ1) is 8.57. The fourth-order valence-electron chi connectivity index (χ4n) is 2.34. The van der Waals surface area contributed by atoms with E-state index in [1.165, 1.54) is 11.3 Å². The highest BCUT2D eigenvalue weighted by atomic mass is 79.9. The summed E-state index contributed by atoms with van der Waals surface area (Å²) in [7, 11) is -3.37. The number of thiophene rings is 1. The molecule has 0 radical (unpaired) electrons. The molecule has 0 amide bonds. The second kappa shape index (κ2) is 6.00. The lowest BCUT2D eigenvalue weighted by Crippen LogP contribution is -2.44. The lowest BCUT2D eigenvalue weighted by atomic mass is 10.0. The Morgan fingerprint density at radius 1 is 1.50 bits per heavy atom. The molecule has 0 saturated carbocycles. The first-order valence-corrected chi connectivity index (χ1v) is 9.13. The molecule has 1 atom stereocenters. The third-order valence-electron chi connectivity index (χ3n) is 3.20. The van der Waals surface area contributed by atoms with Crippen LogP contribution < -0.4 is 5.73 Å². The fourth-order valence-corrected chi connectivity index (χ4v) is 6.49. The summed E-state index contributed by atoms with van der Waals surface area (Å²) in [5.74, 6) is 0. The Bertz CT molecular complexity index is 499. The van der Waals surface area contributed by atoms with E-state index in [-0.39, 0.29) is 6.04 Å². The molecule has 102 valence electrons. The summed E-state index contributed by atoms with van der Waals surface area (Å²) in [5.41, 5.74) is 5.59. The minimum atomic E-state index is -3.37. The smallest absolute Gasteiger partial charge is 0.253 e. The molecular weight excluding hydrogens is 336 g/mol. The topological polar surface area (TPSA) is 63.4 Å². The van der Waals surface area contributed by atoms with Gasteiger partial charge in [0.05, 0.1) is 0 Å². The molecule has 2 rings (SSSR count). The van der Waals surface area contributed by atoms with Gasteiger partial charge in [-0.25, -0.2) is 8.42 Å². The number of rotatable bonds is 4. The summed E-state index contributed by atoms with van der Waals surface area (Å²) in [4.78, 5) is 0. The van der Waals surface area contributed by atoms with Gasteiger partial charge in [0.15, 0.2) is 0 Å². The number of hydrogen-bond donors (Lipinski definition) is 1. The Morgan fingerprint density at radius 2 is 2.28 bits per heavy atom. The van der Waals surface area contributed by atoms with Crippen LogP contribution in [0, 0.1) is 0 Å². The van der Waals surface area contributed by atoms with Gasteiger partial charge in [0, 0.05) is 17.1 Å². The van der Waals surface area contributed by atoms with E-state index < -0.39 is 10.0 Å². The van der Waals surface area contributed by atoms with E-state index in [4.69, 9.17) is 5.73 Å². The third kappa shape index (κ3) is 2.80. The minimum absolute atomic E-state index is 0.0581. The van der Waals surface area contributed by atoms with Gasteiger partial charge < -0.3 is 5.73 Å². The number of halogens is 1. The molecular formula is C11H17BrN2O2S2. The molecule has 1 saturated heterocycles. The van der Waals surface area contributed by atoms with E-state index in [0.29, 0.717) is 21.8 Å². The maximum atomic E-state index is 12.6. The average molecular weight is 353 g/mol. The molecule has 0 spiro atoms. The van der Waals surface area contributed by atoms with E-state index in [1.807, 2.05) is 0 Å². The van der Waals surface area contributed by atoms with Crippen LogP contribution in [0.5, 0.6) is 0 Å². The minimum Gasteiger partial charge on any atom is -0.330 e. The van der Waals surface area contributed by atoms with Crippen molar-refractivity contribution in [3.63, 3.8) is 0 Å². The van der Waals surface area contributed by atoms with Crippen molar-refractivity contribution in [2.75, 3.05) is 13.1 Å². The van der Waals surface area contributed by atoms with Gasteiger partial charge in [-0.15, -0.1) is 11.3 Å². The van der Waals surface area contributed by atoms with Crippen molar-refractivity contribution < 1.29 is 8.42 Å². The van der Waals surface area contributed by atoms with Gasteiger partial charge in [-0.05, 0) is 53.2 Å². The first-order valence-electron chi connectivity index (χ1n) is 6.02. The summed E-state index contributed by atoms with van der Waals surface area (Å²) >= 11 is 4.57. The molecule has 4 nitrogen and oxygen atoms in total. The van der Waals surface area contributed by atoms with Crippen molar-refractivity contribution in [2.45, 2.75) is 35.9 Å². The number of hydrogen-bond acceptors (Lipinski definition) is 4. The fraction of sp³-hybridized carbons (Fsp3) is 0.636. The zero-order valence-corrected chi connectivity index (χ0v) is 13.2. The van der Waals surface area contributed by atoms with Gasteiger partial charge in [0.25, 0.3) is 10.0 Å². The van der Waals surface area contributed by atoms with Crippen LogP contribution in [0.3, 0.4) is 0 Å². The molecule has 2 N–H and O–H groups in total. The van der Waals surface area contributed by atoms with Gasteiger partial charge in [0.1, 0.15) is 4.21 Å². The normalized spacial score (nSPS) is 22.2. The number of nitrogens with two attached hydrogens (primary N) is 1. The zero-order chi connectivity index (χ0) is 13.2. The molecule has 2 heterocycles. The Balaban J connectivity index is 2.30. The van der Waals surface area contributed by atoms with Crippen LogP contribution in [0.2, 0.25) is 0 Å². The monoisotopic (exact) mass is 352 g/mol. The van der Waals surface area contributed by atoms with Crippen LogP contribution in [-0.2, 0) is 10.0 Å². The summed E-state index contributed by atoms with van der Waals surface area (Å²) in [5, 5.41) is 1.79. The van der Waals surface area contributed by atoms with Crippen molar-refractivity contribution in [3.8, 4) is 0 Å². The van der Waals surface area contributed by atoms with E-state index in [0.717, 1.165) is 25.7 Å². The highest BCUT2D eigenvalue weighted by Gasteiger charge is 2.34. The maximum absolute atomic E-state index is 12.6. The van der Waals surface area contributed by atoms with Crippen LogP contribution in [0.1, 0.15) is 25.7 Å². The number of piperidine rings is 1. The summed E-state index contributed by atoms with van der Waals surface area (Å²) in [6.07, 6.45) is 3.67. The molecule has 0 bridgehead atoms. The average Bonchev–Trinajstić information content (AvgIpc) is 2.77. The van der Waals surface area contributed by atoms with Gasteiger partial charge in [-0.2, -0.15) is 4.31 Å². The van der Waals surface area contributed by atoms with Gasteiger partial charge in [-0.1, -0.05) is 6.42 Å². The van der Waals surface area contributed by atoms with Gasteiger partial charge in [-0.3, -0.25) is 0 Å². The van der Waals surface area contributed by atoms with Crippen LogP contribution in [0.25, 0.3) is 0 Å². The summed E-state index contributed by atoms with van der Waals surface area (Å²) in [6, 6.07) is 1.84. The van der Waals surface area contributed by atoms with Crippen LogP contribution >= 0.6 is 27.3 Å². The molecule has 1 aliphatic heterocycles. The number of nitrogens with zero attached hydrogens (tertiary/aromatic N) is 1. The molecule has 1 aromatic rings. The highest BCUT2D eigenvalue weighted by Crippen LogP contribution is 2.33. The van der Waals surface area contributed by atoms with Crippen LogP contribution in [0.4, 0.5) is 0 Å². The predicted molar refractivity (Wildman–Crippen MR) is 77.2 cm³/mol. The van der Waals surface area contributed by atoms with E-state index in [1.54, 1.807) is 15.8 Å². The van der Waals surface area contributed by atoms with Crippen molar-refractivity contribution in [2.24, 2.45) is 5.73 Å². The van der Waals surface area contributed by atoms with Gasteiger partial charge in [0.2, 0.25) is 0 Å². The van der Waals surface area contributed by atoms with Gasteiger partial charge >= 0.3 is 0 Å². The standard InChI is InChI=1S/C11H17BrN2O2S2/c12-10-5-8-17-11(10)18(15,16)14-7-2-1-3-9(14)4-6-13/h5,8-9H,1-4,6-7,13H2. The first kappa shape index (κ1) is 14.5. The predicted octanol–water partition coefficient (Wildman–Crippen LogP) is 2.40. The second-order valence-electron chi connectivity index (χ2n) is 4.40. The highest BCUT2D eigenvalue weighted by molar-refractivity contribution is 9.10. The summed E-state index contributed by atoms with van der Waals surface area (Å²) in [6.45, 7) is 1.14. The Kier molecular flexibility index (Phi) is 4.82. The Labute approximate surface area is 120 Å². The number of sulfonamides is 1. The molecule has 1 aliphatic rings. The lowest BCUT2D eigenvalue weighted by Gasteiger charge is -2.34. The van der Waals surface area contributed by atoms with Crippen molar-refractivity contribution in [3.05, 3.63) is 15.9 Å². The molecule has 7 heteroatoms. The zero-order valence-electron chi connectivity index (χ0n) is 10.0. The Morgan fingerprint density at radius 3 is 2.89 bits per heavy atom.